The highest BCUT2D eigenvalue weighted by atomic mass is 16.6. The number of methoxy groups -OCH3 is 2. The van der Waals surface area contributed by atoms with Crippen molar-refractivity contribution in [2.24, 2.45) is 22.7 Å². The first kappa shape index (κ1) is 84.6. The number of aliphatic hydroxyl groups excluding tert-OH is 1. The van der Waals surface area contributed by atoms with E-state index < -0.39 is 35.9 Å². The summed E-state index contributed by atoms with van der Waals surface area (Å²) in [5.74, 6) is -2.36. The molecule has 1 fully saturated rings. The van der Waals surface area contributed by atoms with E-state index in [0.29, 0.717) is 159 Å². The number of hydrogen-bond acceptors (Lipinski definition) is 23. The van der Waals surface area contributed by atoms with Crippen LogP contribution in [0.3, 0.4) is 0 Å². The van der Waals surface area contributed by atoms with Gasteiger partial charge >= 0.3 is 17.9 Å². The van der Waals surface area contributed by atoms with Crippen molar-refractivity contribution >= 4 is 76.6 Å². The third-order valence-corrected chi connectivity index (χ3v) is 18.5. The number of anilines is 1. The maximum absolute atomic E-state index is 14.4. The number of rotatable bonds is 50. The molecule has 0 aliphatic carbocycles. The molecule has 108 heavy (non-hydrogen) atoms. The van der Waals surface area contributed by atoms with Gasteiger partial charge < -0.3 is 82.2 Å². The Morgan fingerprint density at radius 1 is 0.630 bits per heavy atom. The molecule has 5 aliphatic heterocycles. The number of imide groups is 2. The number of benzene rings is 3. The highest BCUT2D eigenvalue weighted by molar-refractivity contribution is 6.18. The summed E-state index contributed by atoms with van der Waals surface area (Å²) in [6.45, 7) is 17.2. The summed E-state index contributed by atoms with van der Waals surface area (Å²) < 4.78 is 75.2. The van der Waals surface area contributed by atoms with Gasteiger partial charge in [0.2, 0.25) is 29.7 Å². The second-order valence-corrected chi connectivity index (χ2v) is 27.2. The largest absolute Gasteiger partial charge is 0.493 e. The van der Waals surface area contributed by atoms with Crippen LogP contribution >= 0.6 is 0 Å². The van der Waals surface area contributed by atoms with Gasteiger partial charge in [0.25, 0.3) is 5.91 Å². The smallest absolute Gasteiger partial charge is 0.421 e. The SMILES string of the molecule is COc1cc2c(cc1OCCCCCOc1cc3c(cc1OC)C(O)=[N+]1C=C(C)C[C@H]1C(=O)N3C(=O)OCc1ccc(CC(=O)[C@H](C)NC(=O)[C@@H](CC(=O)CCOCCOCCOCCOCCOCCOCCOCCOCCNC(=O)CCN3C(=O)CC(C)C3=O)C(C)C)cc1)N=C[C@@H]1CC(C)=CN1C2=O. The molecule has 0 saturated carbocycles. The average Bonchev–Trinajstić information content (AvgIpc) is 1.66. The molecule has 0 spiro atoms. The van der Waals surface area contributed by atoms with Crippen LogP contribution in [0.25, 0.3) is 0 Å². The number of unbranched alkanes of at least 4 members (excludes halogenated alkanes) is 2. The van der Waals surface area contributed by atoms with Crippen molar-refractivity contribution in [1.29, 1.82) is 0 Å². The Labute approximate surface area is 630 Å². The lowest BCUT2D eigenvalue weighted by atomic mass is 9.88. The van der Waals surface area contributed by atoms with E-state index in [9.17, 15) is 48.3 Å². The lowest BCUT2D eigenvalue weighted by Crippen LogP contribution is -2.45. The summed E-state index contributed by atoms with van der Waals surface area (Å²) >= 11 is 0. The molecule has 7 amide bonds. The predicted octanol–water partition coefficient (Wildman–Crippen LogP) is 7.11. The Kier molecular flexibility index (Phi) is 34.4. The lowest BCUT2D eigenvalue weighted by molar-refractivity contribution is -0.482. The lowest BCUT2D eigenvalue weighted by Gasteiger charge is -2.22. The molecule has 5 atom stereocenters. The molecule has 1 saturated heterocycles. The van der Waals surface area contributed by atoms with E-state index in [1.54, 1.807) is 67.6 Å². The van der Waals surface area contributed by atoms with Crippen LogP contribution in [0, 0.1) is 17.8 Å². The third-order valence-electron chi connectivity index (χ3n) is 18.5. The number of hydrogen-bond donors (Lipinski definition) is 3. The molecule has 30 heteroatoms. The van der Waals surface area contributed by atoms with Crippen molar-refractivity contribution in [3.63, 3.8) is 0 Å². The van der Waals surface area contributed by atoms with Crippen molar-refractivity contribution in [1.82, 2.24) is 20.4 Å². The van der Waals surface area contributed by atoms with Gasteiger partial charge in [0.15, 0.2) is 35.0 Å². The van der Waals surface area contributed by atoms with E-state index in [1.165, 1.54) is 30.9 Å². The number of ketones is 2. The first-order valence-corrected chi connectivity index (χ1v) is 37.1. The molecule has 30 nitrogen and oxygen atoms in total. The van der Waals surface area contributed by atoms with Crippen molar-refractivity contribution in [2.75, 3.05) is 151 Å². The van der Waals surface area contributed by atoms with Crippen LogP contribution < -0.4 is 34.5 Å². The number of fused-ring (bicyclic) bond motifs is 4. The molecule has 5 heterocycles. The number of aliphatic imine (C=N–C) groups is 1. The number of carbonyl (C=O) groups is 9. The van der Waals surface area contributed by atoms with Gasteiger partial charge in [-0.1, -0.05) is 50.6 Å². The second kappa shape index (κ2) is 43.8. The van der Waals surface area contributed by atoms with Crippen LogP contribution in [-0.2, 0) is 89.2 Å². The normalized spacial score (nSPS) is 17.2. The van der Waals surface area contributed by atoms with Gasteiger partial charge in [-0.05, 0) is 75.1 Å². The van der Waals surface area contributed by atoms with Crippen LogP contribution in [0.4, 0.5) is 16.2 Å². The van der Waals surface area contributed by atoms with Gasteiger partial charge in [0.1, 0.15) is 18.0 Å². The van der Waals surface area contributed by atoms with Crippen molar-refractivity contribution in [3.8, 4) is 23.0 Å². The molecule has 5 aliphatic rings. The van der Waals surface area contributed by atoms with Crippen molar-refractivity contribution in [3.05, 3.63) is 94.3 Å². The molecule has 0 radical (unpaired) electrons. The topological polar surface area (TPSA) is 343 Å². The summed E-state index contributed by atoms with van der Waals surface area (Å²) in [7, 11) is 2.97. The molecule has 590 valence electrons. The van der Waals surface area contributed by atoms with Gasteiger partial charge in [0.05, 0.1) is 162 Å². The monoisotopic (exact) mass is 1510 g/mol. The Morgan fingerprint density at radius 3 is 1.75 bits per heavy atom. The number of Topliss-reactive ketones (excluding diaryl/α,β-unsaturated/α-hetero) is 2. The van der Waals surface area contributed by atoms with Gasteiger partial charge in [-0.15, -0.1) is 0 Å². The van der Waals surface area contributed by atoms with Crippen LogP contribution in [-0.4, -0.2) is 249 Å². The Bertz CT molecular complexity index is 3710. The maximum atomic E-state index is 14.4. The molecule has 1 unspecified atom stereocenters. The van der Waals surface area contributed by atoms with Crippen LogP contribution in [0.1, 0.15) is 126 Å². The average molecular weight is 1510 g/mol. The van der Waals surface area contributed by atoms with E-state index in [1.807, 2.05) is 33.9 Å². The van der Waals surface area contributed by atoms with E-state index in [0.717, 1.165) is 27.4 Å². The second-order valence-electron chi connectivity index (χ2n) is 27.2. The fraction of sp³-hybridized carbons (Fsp3) is 0.577. The summed E-state index contributed by atoms with van der Waals surface area (Å²) in [4.78, 5) is 126. The van der Waals surface area contributed by atoms with E-state index in [-0.39, 0.29) is 153 Å². The zero-order chi connectivity index (χ0) is 77.5. The standard InChI is InChI=1S/C78H105N7O23/c1-51(2)60(42-59(86)17-22-98-24-26-100-28-30-102-32-34-104-36-37-105-35-33-103-31-29-101-27-25-99-23-18-79-71(88)16-19-82-72(89)40-54(5)74(82)91)73(90)81-55(6)66(87)41-56-12-14-57(15-13-56)50-108-78(95)85-64-46-70(68(97-8)44-62(64)76(93)84-49-53(4)39-65(84)77(85)94)107-21-11-9-10-20-106-69-45-63-61(43-67(69)96-7)75(92)83-48-52(3)38-58(83)47-80-63/h12-15,43-49,51,54-55,58,60,65H,9-11,16-42,50H2,1-8H3,(H2,79,81,88,90)/p+1/t54?,55-,58-,60-,65-/m0/s1. The minimum atomic E-state index is -0.989. The molecular weight excluding hydrogens is 1400 g/mol. The first-order chi connectivity index (χ1) is 52.1. The van der Waals surface area contributed by atoms with Gasteiger partial charge in [-0.2, -0.15) is 4.58 Å². The van der Waals surface area contributed by atoms with Crippen LogP contribution in [0.15, 0.2) is 77.1 Å². The number of carbonyl (C=O) groups excluding carboxylic acids is 9. The van der Waals surface area contributed by atoms with Crippen LogP contribution in [0.2, 0.25) is 0 Å². The van der Waals surface area contributed by atoms with Gasteiger partial charge in [0, 0.05) is 94.1 Å². The minimum Gasteiger partial charge on any atom is -0.493 e. The van der Waals surface area contributed by atoms with Crippen LogP contribution in [0.5, 0.6) is 23.0 Å². The summed E-state index contributed by atoms with van der Waals surface area (Å²) in [5.41, 5.74) is 4.24. The molecule has 3 N–H and O–H groups in total. The molecule has 3 aromatic carbocycles. The number of likely N-dealkylation sites (tertiary alicyclic amines) is 1. The summed E-state index contributed by atoms with van der Waals surface area (Å²) in [6, 6.07) is 11.3. The highest BCUT2D eigenvalue weighted by Gasteiger charge is 2.48. The zero-order valence-electron chi connectivity index (χ0n) is 63.4. The molecule has 0 bridgehead atoms. The predicted molar refractivity (Wildman–Crippen MR) is 394 cm³/mol. The number of nitrogens with one attached hydrogen (secondary N) is 2. The fourth-order valence-corrected chi connectivity index (χ4v) is 12.4. The van der Waals surface area contributed by atoms with E-state index in [4.69, 9.17) is 61.6 Å². The number of ether oxygens (including phenoxy) is 13. The summed E-state index contributed by atoms with van der Waals surface area (Å²) in [6.07, 6.45) is 7.56. The Morgan fingerprint density at radius 2 is 1.19 bits per heavy atom. The molecule has 0 aromatic heterocycles. The molecular formula is C78H106N7O23+. The maximum Gasteiger partial charge on any atom is 0.421 e. The third kappa shape index (κ3) is 25.3. The van der Waals surface area contributed by atoms with Crippen molar-refractivity contribution < 1.29 is 114 Å². The Balaban J connectivity index is 0.646. The quantitative estimate of drug-likeness (QED) is 0.0288. The van der Waals surface area contributed by atoms with Gasteiger partial charge in [-0.3, -0.25) is 48.2 Å². The summed E-state index contributed by atoms with van der Waals surface area (Å²) in [5, 5.41) is 17.2. The minimum absolute atomic E-state index is 0.0155. The Hall–Kier alpha value is -9.01. The molecule has 8 rings (SSSR count). The van der Waals surface area contributed by atoms with Crippen molar-refractivity contribution in [2.45, 2.75) is 130 Å². The number of nitrogens with zero attached hydrogens (tertiary/aromatic N) is 5. The molecule has 3 aromatic rings. The highest BCUT2D eigenvalue weighted by Crippen LogP contribution is 2.41. The van der Waals surface area contributed by atoms with Gasteiger partial charge in [-0.25, -0.2) is 9.69 Å². The zero-order valence-corrected chi connectivity index (χ0v) is 63.4. The van der Waals surface area contributed by atoms with E-state index >= 15 is 0 Å². The van der Waals surface area contributed by atoms with E-state index in [2.05, 4.69) is 15.6 Å². The fourth-order valence-electron chi connectivity index (χ4n) is 12.4. The first-order valence-electron chi connectivity index (χ1n) is 37.1. The number of aliphatic hydroxyl groups is 1. The number of amides is 7.